The summed E-state index contributed by atoms with van der Waals surface area (Å²) in [5.74, 6) is 1.26. The first kappa shape index (κ1) is 19.6. The van der Waals surface area contributed by atoms with E-state index in [9.17, 15) is 4.79 Å². The number of carbonyl (C=O) groups is 1. The zero-order valence-corrected chi connectivity index (χ0v) is 17.2. The molecule has 1 saturated carbocycles. The van der Waals surface area contributed by atoms with Gasteiger partial charge in [-0.1, -0.05) is 49.1 Å². The Balaban J connectivity index is 1.52. The summed E-state index contributed by atoms with van der Waals surface area (Å²) < 4.78 is 7.80. The number of benzene rings is 1. The van der Waals surface area contributed by atoms with Crippen LogP contribution in [0.3, 0.4) is 0 Å². The highest BCUT2D eigenvalue weighted by Crippen LogP contribution is 2.27. The summed E-state index contributed by atoms with van der Waals surface area (Å²) in [5.41, 5.74) is 3.69. The van der Waals surface area contributed by atoms with Gasteiger partial charge in [-0.3, -0.25) is 4.79 Å². The number of nitrogens with zero attached hydrogens (tertiary/aromatic N) is 2. The van der Waals surface area contributed by atoms with Gasteiger partial charge in [-0.15, -0.1) is 0 Å². The van der Waals surface area contributed by atoms with Gasteiger partial charge in [-0.05, 0) is 49.6 Å². The summed E-state index contributed by atoms with van der Waals surface area (Å²) in [4.78, 5) is 15.3. The Morgan fingerprint density at radius 3 is 2.55 bits per heavy atom. The summed E-state index contributed by atoms with van der Waals surface area (Å²) in [7, 11) is 0. The van der Waals surface area contributed by atoms with Crippen LogP contribution < -0.4 is 0 Å². The molecule has 1 aliphatic carbocycles. The average molecular weight is 391 g/mol. The molecule has 3 aromatic rings. The Hall–Kier alpha value is -2.75. The van der Waals surface area contributed by atoms with E-state index < -0.39 is 0 Å². The Bertz CT molecular complexity index is 903. The van der Waals surface area contributed by atoms with Crippen LogP contribution in [-0.2, 0) is 24.4 Å². The highest BCUT2D eigenvalue weighted by atomic mass is 16.3. The van der Waals surface area contributed by atoms with Crippen molar-refractivity contribution in [3.63, 3.8) is 0 Å². The first-order chi connectivity index (χ1) is 14.2. The molecule has 1 fully saturated rings. The van der Waals surface area contributed by atoms with Crippen LogP contribution in [0, 0.1) is 12.8 Å². The Labute approximate surface area is 173 Å². The Morgan fingerprint density at radius 2 is 1.83 bits per heavy atom. The van der Waals surface area contributed by atoms with Crippen LogP contribution in [0.1, 0.15) is 54.7 Å². The van der Waals surface area contributed by atoms with Gasteiger partial charge in [0.05, 0.1) is 19.4 Å². The fraction of sp³-hybridized carbons (Fsp3) is 0.400. The summed E-state index contributed by atoms with van der Waals surface area (Å²) in [6, 6.07) is 16.7. The lowest BCUT2D eigenvalue weighted by Crippen LogP contribution is -2.36. The topological polar surface area (TPSA) is 38.4 Å². The molecule has 0 aliphatic heterocycles. The quantitative estimate of drug-likeness (QED) is 0.531. The second-order valence-electron chi connectivity index (χ2n) is 8.22. The van der Waals surface area contributed by atoms with Crippen molar-refractivity contribution in [1.29, 1.82) is 0 Å². The van der Waals surface area contributed by atoms with Crippen molar-refractivity contribution in [2.75, 3.05) is 0 Å². The number of hydrogen-bond acceptors (Lipinski definition) is 2. The lowest BCUT2D eigenvalue weighted by molar-refractivity contribution is -0.138. The molecular weight excluding hydrogens is 360 g/mol. The molecule has 4 heteroatoms. The van der Waals surface area contributed by atoms with Crippen molar-refractivity contribution in [2.24, 2.45) is 5.92 Å². The van der Waals surface area contributed by atoms with Gasteiger partial charge in [0.25, 0.3) is 0 Å². The second-order valence-corrected chi connectivity index (χ2v) is 8.22. The van der Waals surface area contributed by atoms with Crippen molar-refractivity contribution < 1.29 is 9.21 Å². The minimum absolute atomic E-state index is 0.152. The van der Waals surface area contributed by atoms with E-state index in [0.29, 0.717) is 13.1 Å². The molecule has 152 valence electrons. The molecule has 0 unspecified atom stereocenters. The van der Waals surface area contributed by atoms with Crippen LogP contribution in [0.5, 0.6) is 0 Å². The van der Waals surface area contributed by atoms with Crippen molar-refractivity contribution >= 4 is 5.91 Å². The second kappa shape index (κ2) is 9.17. The SMILES string of the molecule is Cc1ccc(Cn2cccc2CN(Cc2ccco2)C(=O)C2CCCCC2)cc1. The number of hydrogen-bond donors (Lipinski definition) is 0. The Kier molecular flexibility index (Phi) is 6.18. The molecule has 29 heavy (non-hydrogen) atoms. The largest absolute Gasteiger partial charge is 0.467 e. The molecule has 0 saturated heterocycles. The minimum atomic E-state index is 0.152. The first-order valence-corrected chi connectivity index (χ1v) is 10.7. The van der Waals surface area contributed by atoms with Crippen molar-refractivity contribution in [3.8, 4) is 0 Å². The van der Waals surface area contributed by atoms with Gasteiger partial charge in [0, 0.05) is 24.4 Å². The molecule has 0 N–H and O–H groups in total. The molecule has 0 spiro atoms. The highest BCUT2D eigenvalue weighted by molar-refractivity contribution is 5.78. The van der Waals surface area contributed by atoms with E-state index >= 15 is 0 Å². The van der Waals surface area contributed by atoms with Gasteiger partial charge in [-0.2, -0.15) is 0 Å². The van der Waals surface area contributed by atoms with Crippen molar-refractivity contribution in [3.05, 3.63) is 83.6 Å². The van der Waals surface area contributed by atoms with E-state index in [2.05, 4.69) is 54.1 Å². The maximum absolute atomic E-state index is 13.3. The average Bonchev–Trinajstić information content (AvgIpc) is 3.42. The first-order valence-electron chi connectivity index (χ1n) is 10.7. The molecule has 4 rings (SSSR count). The van der Waals surface area contributed by atoms with Gasteiger partial charge in [0.15, 0.2) is 0 Å². The third-order valence-electron chi connectivity index (χ3n) is 5.94. The van der Waals surface area contributed by atoms with E-state index in [1.165, 1.54) is 17.5 Å². The molecule has 1 aliphatic rings. The third kappa shape index (κ3) is 5.00. The maximum Gasteiger partial charge on any atom is 0.226 e. The molecule has 0 atom stereocenters. The van der Waals surface area contributed by atoms with Crippen molar-refractivity contribution in [1.82, 2.24) is 9.47 Å². The lowest BCUT2D eigenvalue weighted by Gasteiger charge is -2.29. The minimum Gasteiger partial charge on any atom is -0.467 e. The fourth-order valence-electron chi connectivity index (χ4n) is 4.24. The van der Waals surface area contributed by atoms with E-state index in [4.69, 9.17) is 4.42 Å². The molecule has 1 amide bonds. The predicted octanol–water partition coefficient (Wildman–Crippen LogP) is 5.55. The zero-order valence-electron chi connectivity index (χ0n) is 17.2. The number of rotatable bonds is 7. The van der Waals surface area contributed by atoms with Crippen LogP contribution in [0.15, 0.2) is 65.4 Å². The summed E-state index contributed by atoms with van der Waals surface area (Å²) in [5, 5.41) is 0. The van der Waals surface area contributed by atoms with Crippen LogP contribution in [0.2, 0.25) is 0 Å². The molecule has 0 radical (unpaired) electrons. The molecule has 2 aromatic heterocycles. The van der Waals surface area contributed by atoms with Gasteiger partial charge >= 0.3 is 0 Å². The van der Waals surface area contributed by atoms with Gasteiger partial charge in [0.2, 0.25) is 5.91 Å². The van der Waals surface area contributed by atoms with Gasteiger partial charge in [0.1, 0.15) is 5.76 Å². The number of aromatic nitrogens is 1. The van der Waals surface area contributed by atoms with Gasteiger partial charge in [-0.25, -0.2) is 0 Å². The van der Waals surface area contributed by atoms with Crippen LogP contribution >= 0.6 is 0 Å². The number of furan rings is 1. The number of carbonyl (C=O) groups excluding carboxylic acids is 1. The standard InChI is InChI=1S/C25H30N2O2/c1-20-11-13-21(14-12-20)17-26-15-5-9-23(26)18-27(19-24-10-6-16-29-24)25(28)22-7-3-2-4-8-22/h5-6,9-16,22H,2-4,7-8,17-19H2,1H3. The van der Waals surface area contributed by atoms with Crippen LogP contribution in [-0.4, -0.2) is 15.4 Å². The number of amides is 1. The zero-order chi connectivity index (χ0) is 20.1. The molecule has 1 aromatic carbocycles. The monoisotopic (exact) mass is 390 g/mol. The molecule has 2 heterocycles. The lowest BCUT2D eigenvalue weighted by atomic mass is 9.88. The summed E-state index contributed by atoms with van der Waals surface area (Å²) >= 11 is 0. The van der Waals surface area contributed by atoms with Crippen LogP contribution in [0.25, 0.3) is 0 Å². The highest BCUT2D eigenvalue weighted by Gasteiger charge is 2.27. The Morgan fingerprint density at radius 1 is 1.03 bits per heavy atom. The van der Waals surface area contributed by atoms with Crippen LogP contribution in [0.4, 0.5) is 0 Å². The van der Waals surface area contributed by atoms with Crippen molar-refractivity contribution in [2.45, 2.75) is 58.7 Å². The molecule has 4 nitrogen and oxygen atoms in total. The maximum atomic E-state index is 13.3. The van der Waals surface area contributed by atoms with E-state index in [0.717, 1.165) is 43.7 Å². The summed E-state index contributed by atoms with van der Waals surface area (Å²) in [6.07, 6.45) is 9.38. The van der Waals surface area contributed by atoms with E-state index in [1.807, 2.05) is 17.0 Å². The predicted molar refractivity (Wildman–Crippen MR) is 114 cm³/mol. The van der Waals surface area contributed by atoms with Gasteiger partial charge < -0.3 is 13.9 Å². The smallest absolute Gasteiger partial charge is 0.226 e. The normalized spacial score (nSPS) is 14.8. The van der Waals surface area contributed by atoms with E-state index in [-0.39, 0.29) is 11.8 Å². The molecule has 0 bridgehead atoms. The van der Waals surface area contributed by atoms with E-state index in [1.54, 1.807) is 6.26 Å². The third-order valence-corrected chi connectivity index (χ3v) is 5.94. The fourth-order valence-corrected chi connectivity index (χ4v) is 4.24. The number of aryl methyl sites for hydroxylation is 1. The summed E-state index contributed by atoms with van der Waals surface area (Å²) in [6.45, 7) is 4.05. The molecular formula is C25H30N2O2.